The molecular weight excluding hydrogens is 494 g/mol. The molecule has 0 unspecified atom stereocenters. The molecule has 0 saturated carbocycles. The number of amides is 1. The molecular formula is C32H33NO6. The summed E-state index contributed by atoms with van der Waals surface area (Å²) in [6, 6.07) is 26.0. The maximum atomic E-state index is 13.5. The van der Waals surface area contributed by atoms with Crippen molar-refractivity contribution in [3.63, 3.8) is 0 Å². The summed E-state index contributed by atoms with van der Waals surface area (Å²) >= 11 is 0. The third-order valence-electron chi connectivity index (χ3n) is 8.19. The van der Waals surface area contributed by atoms with E-state index in [0.717, 1.165) is 18.3 Å². The van der Waals surface area contributed by atoms with E-state index in [1.165, 1.54) is 22.3 Å². The van der Waals surface area contributed by atoms with Gasteiger partial charge in [-0.15, -0.1) is 0 Å². The Kier molecular flexibility index (Phi) is 7.46. The topological polar surface area (TPSA) is 77.6 Å². The molecule has 7 nitrogen and oxygen atoms in total. The first-order valence-electron chi connectivity index (χ1n) is 13.6. The molecule has 5 atom stereocenters. The van der Waals surface area contributed by atoms with Crippen molar-refractivity contribution in [1.29, 1.82) is 0 Å². The smallest absolute Gasteiger partial charge is 0.410 e. The Morgan fingerprint density at radius 2 is 1.67 bits per heavy atom. The number of nitrogens with zero attached hydrogens (tertiary/aromatic N) is 1. The highest BCUT2D eigenvalue weighted by atomic mass is 16.7. The van der Waals surface area contributed by atoms with Crippen molar-refractivity contribution in [2.24, 2.45) is 5.92 Å². The lowest BCUT2D eigenvalue weighted by atomic mass is 9.88. The Morgan fingerprint density at radius 1 is 1.00 bits per heavy atom. The molecule has 7 heteroatoms. The largest absolute Gasteiger partial charge is 0.448 e. The molecule has 1 amide bonds. The van der Waals surface area contributed by atoms with Crippen LogP contribution in [0.2, 0.25) is 0 Å². The van der Waals surface area contributed by atoms with Gasteiger partial charge in [-0.2, -0.15) is 0 Å². The molecule has 39 heavy (non-hydrogen) atoms. The number of carbonyl (C=O) groups is 2. The van der Waals surface area contributed by atoms with Crippen LogP contribution in [-0.4, -0.2) is 61.6 Å². The van der Waals surface area contributed by atoms with Gasteiger partial charge < -0.3 is 28.6 Å². The predicted molar refractivity (Wildman–Crippen MR) is 145 cm³/mol. The van der Waals surface area contributed by atoms with Crippen LogP contribution >= 0.6 is 0 Å². The molecule has 2 fully saturated rings. The molecule has 0 radical (unpaired) electrons. The van der Waals surface area contributed by atoms with Crippen molar-refractivity contribution in [2.45, 2.75) is 50.2 Å². The summed E-state index contributed by atoms with van der Waals surface area (Å²) < 4.78 is 23.3. The summed E-state index contributed by atoms with van der Waals surface area (Å²) in [6.45, 7) is 3.07. The quantitative estimate of drug-likeness (QED) is 0.157. The van der Waals surface area contributed by atoms with E-state index >= 15 is 0 Å². The van der Waals surface area contributed by atoms with Crippen molar-refractivity contribution < 1.29 is 28.5 Å². The number of ether oxygens (including phenoxy) is 4. The van der Waals surface area contributed by atoms with Crippen LogP contribution in [0.3, 0.4) is 0 Å². The highest BCUT2D eigenvalue weighted by Gasteiger charge is 2.55. The Labute approximate surface area is 228 Å². The first-order valence-corrected chi connectivity index (χ1v) is 13.6. The van der Waals surface area contributed by atoms with Crippen LogP contribution in [-0.2, 0) is 30.3 Å². The van der Waals surface area contributed by atoms with Crippen LogP contribution in [0.5, 0.6) is 0 Å². The van der Waals surface area contributed by atoms with Crippen LogP contribution in [0.4, 0.5) is 4.79 Å². The fraction of sp³-hybridized carbons (Fsp3) is 0.375. The number of rotatable bonds is 10. The van der Waals surface area contributed by atoms with Crippen molar-refractivity contribution >= 4 is 12.4 Å². The van der Waals surface area contributed by atoms with Gasteiger partial charge in [-0.25, -0.2) is 4.79 Å². The number of hydrogen-bond donors (Lipinski definition) is 0. The van der Waals surface area contributed by atoms with Gasteiger partial charge >= 0.3 is 6.09 Å². The Balaban J connectivity index is 1.10. The third kappa shape index (κ3) is 5.22. The molecule has 1 aliphatic carbocycles. The second-order valence-electron chi connectivity index (χ2n) is 10.5. The monoisotopic (exact) mass is 527 g/mol. The van der Waals surface area contributed by atoms with Gasteiger partial charge in [-0.1, -0.05) is 85.8 Å². The minimum absolute atomic E-state index is 0.0141. The lowest BCUT2D eigenvalue weighted by molar-refractivity contribution is -0.142. The molecule has 0 bridgehead atoms. The van der Waals surface area contributed by atoms with Crippen LogP contribution in [0.1, 0.15) is 36.0 Å². The summed E-state index contributed by atoms with van der Waals surface area (Å²) in [5.74, 6) is -0.307. The zero-order valence-corrected chi connectivity index (χ0v) is 22.0. The number of epoxide rings is 1. The van der Waals surface area contributed by atoms with E-state index in [-0.39, 0.29) is 49.6 Å². The molecule has 0 spiro atoms. The Bertz CT molecular complexity index is 1270. The number of benzene rings is 3. The molecule has 3 aromatic carbocycles. The molecule has 2 aliphatic heterocycles. The van der Waals surface area contributed by atoms with E-state index in [9.17, 15) is 9.59 Å². The summed E-state index contributed by atoms with van der Waals surface area (Å²) in [7, 11) is 0. The van der Waals surface area contributed by atoms with Gasteiger partial charge in [-0.05, 0) is 34.2 Å². The van der Waals surface area contributed by atoms with Crippen molar-refractivity contribution in [3.05, 3.63) is 95.6 Å². The van der Waals surface area contributed by atoms with Gasteiger partial charge in [0.25, 0.3) is 0 Å². The molecule has 3 aliphatic rings. The standard InChI is InChI=1S/C32H33NO6/c1-21(29(17-34)38-20-36-18-22-9-3-2-4-10-22)30-31-28(39-31)15-16-33(30)32(35)37-19-27-25-13-7-5-11-23(25)24-12-6-8-14-26(24)27/h2-14,17,21,27-31H,15-16,18-20H2,1H3/t21-,28-,29+,30+,31-/m1/s1. The average Bonchev–Trinajstić information content (AvgIpc) is 3.71. The molecule has 2 saturated heterocycles. The molecule has 6 rings (SSSR count). The Hall–Kier alpha value is -3.52. The number of hydrogen-bond acceptors (Lipinski definition) is 6. The minimum atomic E-state index is -0.738. The SMILES string of the molecule is C[C@@H]([C@H]1[C@@H]2O[C@@H]2CCN1C(=O)OCC1c2ccccc2-c2ccccc21)[C@H](C=O)OCOCc1ccccc1. The van der Waals surface area contributed by atoms with E-state index < -0.39 is 6.10 Å². The van der Waals surface area contributed by atoms with Crippen molar-refractivity contribution in [2.75, 3.05) is 19.9 Å². The normalized spacial score (nSPS) is 22.8. The van der Waals surface area contributed by atoms with Crippen LogP contribution in [0.25, 0.3) is 11.1 Å². The number of aldehydes is 1. The van der Waals surface area contributed by atoms with Crippen molar-refractivity contribution in [3.8, 4) is 11.1 Å². The van der Waals surface area contributed by atoms with E-state index in [4.69, 9.17) is 18.9 Å². The zero-order valence-electron chi connectivity index (χ0n) is 22.0. The lowest BCUT2D eigenvalue weighted by Gasteiger charge is -2.38. The number of carbonyl (C=O) groups excluding carboxylic acids is 2. The maximum Gasteiger partial charge on any atom is 0.410 e. The predicted octanol–water partition coefficient (Wildman–Crippen LogP) is 5.17. The maximum absolute atomic E-state index is 13.5. The first-order chi connectivity index (χ1) is 19.2. The fourth-order valence-electron chi connectivity index (χ4n) is 6.12. The Morgan fingerprint density at radius 3 is 2.36 bits per heavy atom. The molecule has 2 heterocycles. The van der Waals surface area contributed by atoms with Crippen LogP contribution in [0, 0.1) is 5.92 Å². The number of fused-ring (bicyclic) bond motifs is 4. The summed E-state index contributed by atoms with van der Waals surface area (Å²) in [6.07, 6.45) is 0.413. The second-order valence-corrected chi connectivity index (χ2v) is 10.5. The second kappa shape index (κ2) is 11.3. The summed E-state index contributed by atoms with van der Waals surface area (Å²) in [5, 5.41) is 0. The van der Waals surface area contributed by atoms with E-state index in [2.05, 4.69) is 24.3 Å². The number of likely N-dealkylation sites (tertiary alicyclic amines) is 1. The lowest BCUT2D eigenvalue weighted by Crippen LogP contribution is -2.54. The molecule has 0 aromatic heterocycles. The summed E-state index contributed by atoms with van der Waals surface area (Å²) in [5.41, 5.74) is 5.75. The highest BCUT2D eigenvalue weighted by Crippen LogP contribution is 2.45. The fourth-order valence-corrected chi connectivity index (χ4v) is 6.12. The van der Waals surface area contributed by atoms with Gasteiger partial charge in [-0.3, -0.25) is 0 Å². The van der Waals surface area contributed by atoms with Gasteiger partial charge in [0, 0.05) is 18.4 Å². The molecule has 202 valence electrons. The third-order valence-corrected chi connectivity index (χ3v) is 8.19. The highest BCUT2D eigenvalue weighted by molar-refractivity contribution is 5.79. The van der Waals surface area contributed by atoms with Crippen LogP contribution in [0.15, 0.2) is 78.9 Å². The molecule has 0 N–H and O–H groups in total. The summed E-state index contributed by atoms with van der Waals surface area (Å²) in [4.78, 5) is 27.2. The van der Waals surface area contributed by atoms with Gasteiger partial charge in [0.2, 0.25) is 0 Å². The average molecular weight is 528 g/mol. The molecule has 3 aromatic rings. The van der Waals surface area contributed by atoms with Crippen LogP contribution < -0.4 is 0 Å². The van der Waals surface area contributed by atoms with Gasteiger partial charge in [0.05, 0.1) is 18.8 Å². The van der Waals surface area contributed by atoms with E-state index in [1.807, 2.05) is 61.5 Å². The van der Waals surface area contributed by atoms with Gasteiger partial charge in [0.1, 0.15) is 31.9 Å². The number of piperidine rings is 1. The van der Waals surface area contributed by atoms with E-state index in [1.54, 1.807) is 4.90 Å². The first kappa shape index (κ1) is 25.7. The van der Waals surface area contributed by atoms with E-state index in [0.29, 0.717) is 13.2 Å². The zero-order chi connectivity index (χ0) is 26.8. The van der Waals surface area contributed by atoms with Gasteiger partial charge in [0.15, 0.2) is 0 Å². The minimum Gasteiger partial charge on any atom is -0.448 e. The van der Waals surface area contributed by atoms with Crippen molar-refractivity contribution in [1.82, 2.24) is 4.90 Å².